The molecule has 152 valence electrons. The summed E-state index contributed by atoms with van der Waals surface area (Å²) in [5, 5.41) is 10.2. The smallest absolute Gasteiger partial charge is 0.257 e. The summed E-state index contributed by atoms with van der Waals surface area (Å²) in [5.41, 5.74) is 1.37. The molecule has 2 aromatic carbocycles. The lowest BCUT2D eigenvalue weighted by Crippen LogP contribution is -2.32. The van der Waals surface area contributed by atoms with Gasteiger partial charge in [0.25, 0.3) is 5.91 Å². The van der Waals surface area contributed by atoms with Crippen molar-refractivity contribution in [2.24, 2.45) is 0 Å². The molecule has 0 bridgehead atoms. The van der Waals surface area contributed by atoms with E-state index in [1.54, 1.807) is 6.20 Å². The van der Waals surface area contributed by atoms with Gasteiger partial charge in [-0.2, -0.15) is 5.10 Å². The van der Waals surface area contributed by atoms with Crippen molar-refractivity contribution in [1.82, 2.24) is 24.6 Å². The van der Waals surface area contributed by atoms with Gasteiger partial charge in [-0.3, -0.25) is 4.79 Å². The lowest BCUT2D eigenvalue weighted by molar-refractivity contribution is 0.102. The molecule has 30 heavy (non-hydrogen) atoms. The third-order valence-electron chi connectivity index (χ3n) is 5.78. The second-order valence-corrected chi connectivity index (χ2v) is 7.71. The summed E-state index contributed by atoms with van der Waals surface area (Å²) >= 11 is 0. The van der Waals surface area contributed by atoms with Gasteiger partial charge in [-0.05, 0) is 42.8 Å². The number of piperidine rings is 1. The SMILES string of the molecule is O=C(Nc1ncnc2c1cnn2CCN1CCCCC1)c1cccc2ccccc12. The minimum Gasteiger partial charge on any atom is -0.306 e. The van der Waals surface area contributed by atoms with Crippen molar-refractivity contribution in [3.8, 4) is 0 Å². The highest BCUT2D eigenvalue weighted by molar-refractivity contribution is 6.14. The molecule has 0 atom stereocenters. The zero-order valence-electron chi connectivity index (χ0n) is 16.8. The summed E-state index contributed by atoms with van der Waals surface area (Å²) in [5.74, 6) is 0.301. The molecule has 5 rings (SSSR count). The average molecular weight is 400 g/mol. The molecule has 0 radical (unpaired) electrons. The second kappa shape index (κ2) is 8.20. The molecule has 0 saturated carbocycles. The van der Waals surface area contributed by atoms with E-state index in [4.69, 9.17) is 0 Å². The Morgan fingerprint density at radius 3 is 2.67 bits per heavy atom. The molecule has 1 amide bonds. The van der Waals surface area contributed by atoms with Crippen LogP contribution in [0.15, 0.2) is 55.0 Å². The highest BCUT2D eigenvalue weighted by Crippen LogP contribution is 2.22. The highest BCUT2D eigenvalue weighted by atomic mass is 16.1. The molecule has 7 heteroatoms. The Morgan fingerprint density at radius 2 is 1.77 bits per heavy atom. The van der Waals surface area contributed by atoms with Crippen molar-refractivity contribution in [3.63, 3.8) is 0 Å². The predicted octanol–water partition coefficient (Wildman–Crippen LogP) is 3.72. The quantitative estimate of drug-likeness (QED) is 0.553. The zero-order valence-corrected chi connectivity index (χ0v) is 16.8. The van der Waals surface area contributed by atoms with E-state index < -0.39 is 0 Å². The number of nitrogens with zero attached hydrogens (tertiary/aromatic N) is 5. The van der Waals surface area contributed by atoms with Crippen LogP contribution in [0.2, 0.25) is 0 Å². The molecule has 3 heterocycles. The minimum absolute atomic E-state index is 0.187. The van der Waals surface area contributed by atoms with E-state index in [2.05, 4.69) is 25.3 Å². The van der Waals surface area contributed by atoms with Crippen molar-refractivity contribution >= 4 is 33.5 Å². The second-order valence-electron chi connectivity index (χ2n) is 7.71. The van der Waals surface area contributed by atoms with E-state index >= 15 is 0 Å². The third-order valence-corrected chi connectivity index (χ3v) is 5.78. The van der Waals surface area contributed by atoms with Crippen molar-refractivity contribution in [3.05, 3.63) is 60.6 Å². The Bertz CT molecular complexity index is 1190. The molecule has 0 spiro atoms. The molecule has 0 unspecified atom stereocenters. The summed E-state index contributed by atoms with van der Waals surface area (Å²) in [6, 6.07) is 13.6. The largest absolute Gasteiger partial charge is 0.306 e. The van der Waals surface area contributed by atoms with E-state index in [1.165, 1.54) is 25.6 Å². The van der Waals surface area contributed by atoms with Crippen LogP contribution in [-0.4, -0.2) is 50.2 Å². The normalized spacial score (nSPS) is 14.9. The van der Waals surface area contributed by atoms with Crippen LogP contribution in [0.3, 0.4) is 0 Å². The Hall–Kier alpha value is -3.32. The van der Waals surface area contributed by atoms with Gasteiger partial charge in [-0.25, -0.2) is 14.6 Å². The van der Waals surface area contributed by atoms with Crippen LogP contribution >= 0.6 is 0 Å². The molecule has 1 aliphatic rings. The van der Waals surface area contributed by atoms with Crippen molar-refractivity contribution in [1.29, 1.82) is 0 Å². The van der Waals surface area contributed by atoms with E-state index in [0.29, 0.717) is 11.4 Å². The Morgan fingerprint density at radius 1 is 0.933 bits per heavy atom. The molecule has 7 nitrogen and oxygen atoms in total. The number of fused-ring (bicyclic) bond motifs is 2. The number of aromatic nitrogens is 4. The number of anilines is 1. The summed E-state index contributed by atoms with van der Waals surface area (Å²) in [6.07, 6.45) is 7.09. The van der Waals surface area contributed by atoms with Crippen LogP contribution in [-0.2, 0) is 6.54 Å². The number of rotatable bonds is 5. The number of hydrogen-bond donors (Lipinski definition) is 1. The highest BCUT2D eigenvalue weighted by Gasteiger charge is 2.16. The van der Waals surface area contributed by atoms with E-state index in [1.807, 2.05) is 47.1 Å². The van der Waals surface area contributed by atoms with Gasteiger partial charge in [-0.1, -0.05) is 42.8 Å². The van der Waals surface area contributed by atoms with Gasteiger partial charge in [0.05, 0.1) is 18.1 Å². The lowest BCUT2D eigenvalue weighted by atomic mass is 10.0. The fraction of sp³-hybridized carbons (Fsp3) is 0.304. The maximum Gasteiger partial charge on any atom is 0.257 e. The molecule has 1 saturated heterocycles. The molecule has 1 aliphatic heterocycles. The van der Waals surface area contributed by atoms with Gasteiger partial charge in [0.1, 0.15) is 12.1 Å². The summed E-state index contributed by atoms with van der Waals surface area (Å²) < 4.78 is 1.90. The first-order valence-corrected chi connectivity index (χ1v) is 10.5. The van der Waals surface area contributed by atoms with Crippen LogP contribution in [0.25, 0.3) is 21.8 Å². The first-order valence-electron chi connectivity index (χ1n) is 10.5. The third kappa shape index (κ3) is 3.64. The van der Waals surface area contributed by atoms with Gasteiger partial charge in [-0.15, -0.1) is 0 Å². The molecule has 2 aromatic heterocycles. The Labute approximate surface area is 174 Å². The van der Waals surface area contributed by atoms with Crippen LogP contribution in [0.1, 0.15) is 29.6 Å². The number of nitrogens with one attached hydrogen (secondary N) is 1. The molecule has 0 aliphatic carbocycles. The van der Waals surface area contributed by atoms with Crippen molar-refractivity contribution in [2.45, 2.75) is 25.8 Å². The van der Waals surface area contributed by atoms with Crippen LogP contribution in [0.5, 0.6) is 0 Å². The zero-order chi connectivity index (χ0) is 20.3. The van der Waals surface area contributed by atoms with Gasteiger partial charge in [0.2, 0.25) is 0 Å². The monoisotopic (exact) mass is 400 g/mol. The van der Waals surface area contributed by atoms with E-state index in [0.717, 1.165) is 48.0 Å². The number of benzene rings is 2. The van der Waals surface area contributed by atoms with Gasteiger partial charge in [0.15, 0.2) is 5.65 Å². The van der Waals surface area contributed by atoms with Crippen molar-refractivity contribution < 1.29 is 4.79 Å². The van der Waals surface area contributed by atoms with Crippen LogP contribution in [0.4, 0.5) is 5.82 Å². The minimum atomic E-state index is -0.187. The fourth-order valence-electron chi connectivity index (χ4n) is 4.17. The van der Waals surface area contributed by atoms with Gasteiger partial charge < -0.3 is 10.2 Å². The number of carbonyl (C=O) groups is 1. The summed E-state index contributed by atoms with van der Waals surface area (Å²) in [7, 11) is 0. The Kier molecular flexibility index (Phi) is 5.11. The van der Waals surface area contributed by atoms with Crippen LogP contribution in [0, 0.1) is 0 Å². The maximum absolute atomic E-state index is 13.0. The molecule has 1 fully saturated rings. The van der Waals surface area contributed by atoms with Gasteiger partial charge >= 0.3 is 0 Å². The number of amides is 1. The van der Waals surface area contributed by atoms with Crippen molar-refractivity contribution in [2.75, 3.05) is 25.0 Å². The number of carbonyl (C=O) groups excluding carboxylic acids is 1. The summed E-state index contributed by atoms with van der Waals surface area (Å²) in [6.45, 7) is 4.04. The first kappa shape index (κ1) is 18.7. The molecule has 1 N–H and O–H groups in total. The predicted molar refractivity (Wildman–Crippen MR) is 118 cm³/mol. The summed E-state index contributed by atoms with van der Waals surface area (Å²) in [4.78, 5) is 24.2. The topological polar surface area (TPSA) is 75.9 Å². The maximum atomic E-state index is 13.0. The fourth-order valence-corrected chi connectivity index (χ4v) is 4.17. The molecular formula is C23H24N6O. The first-order chi connectivity index (χ1) is 14.8. The molecular weight excluding hydrogens is 376 g/mol. The average Bonchev–Trinajstić information content (AvgIpc) is 3.22. The standard InChI is InChI=1S/C23H24N6O/c30-23(19-10-6-8-17-7-2-3-9-18(17)19)27-21-20-15-26-29(22(20)25-16-24-21)14-13-28-11-4-1-5-12-28/h2-3,6-10,15-16H,1,4-5,11-14H2,(H,24,25,27,30). The van der Waals surface area contributed by atoms with E-state index in [-0.39, 0.29) is 5.91 Å². The number of hydrogen-bond acceptors (Lipinski definition) is 5. The van der Waals surface area contributed by atoms with Gasteiger partial charge in [0, 0.05) is 12.1 Å². The molecule has 4 aromatic rings. The van der Waals surface area contributed by atoms with Crippen LogP contribution < -0.4 is 5.32 Å². The van der Waals surface area contributed by atoms with E-state index in [9.17, 15) is 4.79 Å². The Balaban J connectivity index is 1.38. The lowest BCUT2D eigenvalue weighted by Gasteiger charge is -2.26. The number of likely N-dealkylation sites (tertiary alicyclic amines) is 1.